The van der Waals surface area contributed by atoms with E-state index in [-0.39, 0.29) is 17.6 Å². The van der Waals surface area contributed by atoms with Gasteiger partial charge in [-0.05, 0) is 34.6 Å². The van der Waals surface area contributed by atoms with Crippen molar-refractivity contribution in [1.29, 1.82) is 0 Å². The van der Waals surface area contributed by atoms with E-state index in [2.05, 4.69) is 44.4 Å². The van der Waals surface area contributed by atoms with Gasteiger partial charge in [-0.1, -0.05) is 0 Å². The van der Waals surface area contributed by atoms with Crippen LogP contribution in [0.1, 0.15) is 34.6 Å². The van der Waals surface area contributed by atoms with Crippen LogP contribution in [-0.2, 0) is 18.9 Å². The molecule has 0 spiro atoms. The average Bonchev–Trinajstić information content (AvgIpc) is 2.54. The van der Waals surface area contributed by atoms with Gasteiger partial charge in [-0.2, -0.15) is 0 Å². The van der Waals surface area contributed by atoms with E-state index in [4.69, 9.17) is 18.9 Å². The van der Waals surface area contributed by atoms with E-state index in [9.17, 15) is 0 Å². The first-order valence-electron chi connectivity index (χ1n) is 9.61. The van der Waals surface area contributed by atoms with Crippen LogP contribution in [0.15, 0.2) is 0 Å². The first-order valence-corrected chi connectivity index (χ1v) is 9.61. The molecule has 0 aromatic carbocycles. The highest BCUT2D eigenvalue weighted by Crippen LogP contribution is 2.25. The standard InChI is InChI=1S/C19H38N2O4/c1-15(2)20-7-8-23-10-16(20)11-24-13-18-14-25-12-17(9-22-6)21(18)19(3,4)5/h15-18H,7-14H2,1-6H3/t16?,17-,18?/m1/s1. The fraction of sp³-hybridized carbons (Fsp3) is 1.00. The second-order valence-corrected chi connectivity index (χ2v) is 8.48. The highest BCUT2D eigenvalue weighted by Gasteiger charge is 2.38. The quantitative estimate of drug-likeness (QED) is 0.689. The van der Waals surface area contributed by atoms with E-state index in [1.807, 2.05) is 0 Å². The lowest BCUT2D eigenvalue weighted by molar-refractivity contribution is -0.132. The molecule has 0 aromatic rings. The van der Waals surface area contributed by atoms with Gasteiger partial charge in [-0.15, -0.1) is 0 Å². The van der Waals surface area contributed by atoms with Crippen LogP contribution >= 0.6 is 0 Å². The molecule has 25 heavy (non-hydrogen) atoms. The Kier molecular flexibility index (Phi) is 8.11. The fourth-order valence-corrected chi connectivity index (χ4v) is 4.17. The van der Waals surface area contributed by atoms with Gasteiger partial charge >= 0.3 is 0 Å². The van der Waals surface area contributed by atoms with Crippen molar-refractivity contribution < 1.29 is 18.9 Å². The van der Waals surface area contributed by atoms with Crippen molar-refractivity contribution in [2.75, 3.05) is 59.9 Å². The lowest BCUT2D eigenvalue weighted by Gasteiger charge is -2.49. The third-order valence-corrected chi connectivity index (χ3v) is 5.10. The van der Waals surface area contributed by atoms with Crippen LogP contribution in [0.3, 0.4) is 0 Å². The number of hydrogen-bond acceptors (Lipinski definition) is 6. The predicted octanol–water partition coefficient (Wildman–Crippen LogP) is 1.63. The smallest absolute Gasteiger partial charge is 0.0645 e. The maximum absolute atomic E-state index is 6.16. The van der Waals surface area contributed by atoms with Crippen LogP contribution in [0.5, 0.6) is 0 Å². The molecule has 2 heterocycles. The van der Waals surface area contributed by atoms with E-state index in [0.717, 1.165) is 26.4 Å². The molecule has 2 aliphatic rings. The van der Waals surface area contributed by atoms with Crippen molar-refractivity contribution in [3.8, 4) is 0 Å². The van der Waals surface area contributed by atoms with E-state index >= 15 is 0 Å². The van der Waals surface area contributed by atoms with Gasteiger partial charge in [0, 0.05) is 25.2 Å². The lowest BCUT2D eigenvalue weighted by atomic mass is 9.98. The zero-order chi connectivity index (χ0) is 18.4. The molecular weight excluding hydrogens is 320 g/mol. The highest BCUT2D eigenvalue weighted by molar-refractivity contribution is 4.91. The molecular formula is C19H38N2O4. The number of ether oxygens (including phenoxy) is 4. The second kappa shape index (κ2) is 9.62. The monoisotopic (exact) mass is 358 g/mol. The molecule has 2 aliphatic heterocycles. The molecule has 2 unspecified atom stereocenters. The van der Waals surface area contributed by atoms with Gasteiger partial charge in [0.15, 0.2) is 0 Å². The molecule has 0 aliphatic carbocycles. The molecule has 2 rings (SSSR count). The molecule has 2 saturated heterocycles. The Labute approximate surface area is 153 Å². The molecule has 6 nitrogen and oxygen atoms in total. The van der Waals surface area contributed by atoms with Crippen LogP contribution in [0.2, 0.25) is 0 Å². The van der Waals surface area contributed by atoms with Crippen molar-refractivity contribution in [2.45, 2.75) is 64.3 Å². The third-order valence-electron chi connectivity index (χ3n) is 5.10. The largest absolute Gasteiger partial charge is 0.383 e. The summed E-state index contributed by atoms with van der Waals surface area (Å²) in [5, 5.41) is 0. The molecule has 0 saturated carbocycles. The van der Waals surface area contributed by atoms with Gasteiger partial charge in [0.25, 0.3) is 0 Å². The van der Waals surface area contributed by atoms with Gasteiger partial charge in [-0.25, -0.2) is 0 Å². The van der Waals surface area contributed by atoms with Gasteiger partial charge in [-0.3, -0.25) is 9.80 Å². The zero-order valence-electron chi connectivity index (χ0n) is 17.0. The van der Waals surface area contributed by atoms with Gasteiger partial charge in [0.05, 0.1) is 64.4 Å². The molecule has 3 atom stereocenters. The van der Waals surface area contributed by atoms with Crippen molar-refractivity contribution in [1.82, 2.24) is 9.80 Å². The lowest BCUT2D eigenvalue weighted by Crippen LogP contribution is -2.62. The second-order valence-electron chi connectivity index (χ2n) is 8.48. The number of nitrogens with zero attached hydrogens (tertiary/aromatic N) is 2. The van der Waals surface area contributed by atoms with E-state index in [1.54, 1.807) is 7.11 Å². The summed E-state index contributed by atoms with van der Waals surface area (Å²) in [6.45, 7) is 17.3. The SMILES string of the molecule is COC[C@@H]1COCC(COCC2COCCN2C(C)C)N1C(C)(C)C. The van der Waals surface area contributed by atoms with Gasteiger partial charge in [0.2, 0.25) is 0 Å². The van der Waals surface area contributed by atoms with Crippen LogP contribution in [0.25, 0.3) is 0 Å². The molecule has 0 aromatic heterocycles. The summed E-state index contributed by atoms with van der Waals surface area (Å²) in [6.07, 6.45) is 0. The number of hydrogen-bond donors (Lipinski definition) is 0. The highest BCUT2D eigenvalue weighted by atomic mass is 16.5. The number of rotatable bonds is 7. The Morgan fingerprint density at radius 2 is 1.56 bits per heavy atom. The first-order chi connectivity index (χ1) is 11.8. The Morgan fingerprint density at radius 1 is 0.960 bits per heavy atom. The number of methoxy groups -OCH3 is 1. The van der Waals surface area contributed by atoms with Crippen molar-refractivity contribution in [3.05, 3.63) is 0 Å². The Balaban J connectivity index is 1.91. The summed E-state index contributed by atoms with van der Waals surface area (Å²) in [4.78, 5) is 4.99. The van der Waals surface area contributed by atoms with Crippen molar-refractivity contribution in [3.63, 3.8) is 0 Å². The minimum Gasteiger partial charge on any atom is -0.383 e. The summed E-state index contributed by atoms with van der Waals surface area (Å²) in [7, 11) is 1.75. The van der Waals surface area contributed by atoms with E-state index in [0.29, 0.717) is 38.5 Å². The number of morpholine rings is 2. The Hall–Kier alpha value is -0.240. The van der Waals surface area contributed by atoms with Crippen molar-refractivity contribution in [2.24, 2.45) is 0 Å². The molecule has 148 valence electrons. The van der Waals surface area contributed by atoms with Crippen LogP contribution < -0.4 is 0 Å². The molecule has 0 N–H and O–H groups in total. The maximum atomic E-state index is 6.16. The van der Waals surface area contributed by atoms with E-state index in [1.165, 1.54) is 0 Å². The van der Waals surface area contributed by atoms with E-state index < -0.39 is 0 Å². The summed E-state index contributed by atoms with van der Waals surface area (Å²) < 4.78 is 23.1. The maximum Gasteiger partial charge on any atom is 0.0645 e. The van der Waals surface area contributed by atoms with Gasteiger partial charge < -0.3 is 18.9 Å². The summed E-state index contributed by atoms with van der Waals surface area (Å²) in [6, 6.07) is 1.40. The molecule has 6 heteroatoms. The fourth-order valence-electron chi connectivity index (χ4n) is 4.17. The minimum atomic E-state index is 0.0545. The summed E-state index contributed by atoms with van der Waals surface area (Å²) >= 11 is 0. The Bertz CT molecular complexity index is 384. The zero-order valence-corrected chi connectivity index (χ0v) is 17.0. The first kappa shape index (κ1) is 21.1. The van der Waals surface area contributed by atoms with Gasteiger partial charge in [0.1, 0.15) is 0 Å². The van der Waals surface area contributed by atoms with Crippen LogP contribution in [0, 0.1) is 0 Å². The molecule has 0 bridgehead atoms. The molecule has 0 radical (unpaired) electrons. The summed E-state index contributed by atoms with van der Waals surface area (Å²) in [5.41, 5.74) is 0.0545. The summed E-state index contributed by atoms with van der Waals surface area (Å²) in [5.74, 6) is 0. The van der Waals surface area contributed by atoms with Crippen LogP contribution in [-0.4, -0.2) is 99.4 Å². The topological polar surface area (TPSA) is 43.4 Å². The normalized spacial score (nSPS) is 30.1. The molecule has 0 amide bonds. The minimum absolute atomic E-state index is 0.0545. The Morgan fingerprint density at radius 3 is 2.16 bits per heavy atom. The predicted molar refractivity (Wildman–Crippen MR) is 99.1 cm³/mol. The average molecular weight is 359 g/mol. The molecule has 2 fully saturated rings. The van der Waals surface area contributed by atoms with Crippen molar-refractivity contribution >= 4 is 0 Å². The van der Waals surface area contributed by atoms with Crippen LogP contribution in [0.4, 0.5) is 0 Å². The third kappa shape index (κ3) is 5.88.